The minimum absolute atomic E-state index is 0.105. The molecule has 0 spiro atoms. The number of rotatable bonds is 5. The quantitative estimate of drug-likeness (QED) is 0.852. The van der Waals surface area contributed by atoms with Gasteiger partial charge in [0.25, 0.3) is 0 Å². The van der Waals surface area contributed by atoms with Gasteiger partial charge in [-0.2, -0.15) is 0 Å². The minimum atomic E-state index is -3.56. The summed E-state index contributed by atoms with van der Waals surface area (Å²) in [6, 6.07) is 8.23. The van der Waals surface area contributed by atoms with Crippen molar-refractivity contribution in [2.45, 2.75) is 11.3 Å². The Bertz CT molecular complexity index is 647. The average Bonchev–Trinajstić information content (AvgIpc) is 2.40. The van der Waals surface area contributed by atoms with Crippen LogP contribution < -0.4 is 4.72 Å². The van der Waals surface area contributed by atoms with Crippen molar-refractivity contribution >= 4 is 21.6 Å². The summed E-state index contributed by atoms with van der Waals surface area (Å²) in [6.45, 7) is 0.277. The molecule has 2 rings (SSSR count). The van der Waals surface area contributed by atoms with Gasteiger partial charge in [0.05, 0.1) is 4.90 Å². The Hall–Kier alpha value is -1.50. The summed E-state index contributed by atoms with van der Waals surface area (Å²) in [5.74, 6) is 0. The molecule has 0 aliphatic carbocycles. The molecule has 2 aromatic rings. The van der Waals surface area contributed by atoms with Gasteiger partial charge in [-0.15, -0.1) is 0 Å². The van der Waals surface area contributed by atoms with Crippen molar-refractivity contribution in [2.75, 3.05) is 6.54 Å². The Morgan fingerprint density at radius 3 is 2.68 bits per heavy atom. The van der Waals surface area contributed by atoms with Gasteiger partial charge in [-0.05, 0) is 24.3 Å². The van der Waals surface area contributed by atoms with E-state index in [-0.39, 0.29) is 16.6 Å². The number of nitrogens with zero attached hydrogens (tertiary/aromatic N) is 2. The Morgan fingerprint density at radius 1 is 1.16 bits per heavy atom. The zero-order chi connectivity index (χ0) is 13.7. The molecule has 0 aliphatic heterocycles. The average molecular weight is 298 g/mol. The zero-order valence-electron chi connectivity index (χ0n) is 9.95. The number of halogens is 1. The lowest BCUT2D eigenvalue weighted by molar-refractivity contribution is 0.581. The van der Waals surface area contributed by atoms with E-state index < -0.39 is 10.0 Å². The van der Waals surface area contributed by atoms with Crippen molar-refractivity contribution in [3.63, 3.8) is 0 Å². The lowest BCUT2D eigenvalue weighted by Gasteiger charge is -2.06. The van der Waals surface area contributed by atoms with Crippen LogP contribution in [-0.4, -0.2) is 24.9 Å². The van der Waals surface area contributed by atoms with Crippen LogP contribution in [-0.2, 0) is 16.4 Å². The largest absolute Gasteiger partial charge is 0.261 e. The normalized spacial score (nSPS) is 11.4. The molecule has 7 heteroatoms. The Morgan fingerprint density at radius 2 is 2.00 bits per heavy atom. The van der Waals surface area contributed by atoms with Crippen molar-refractivity contribution in [3.05, 3.63) is 53.6 Å². The summed E-state index contributed by atoms with van der Waals surface area (Å²) in [7, 11) is -3.56. The Kier molecular flexibility index (Phi) is 4.47. The van der Waals surface area contributed by atoms with Crippen LogP contribution in [0.2, 0.25) is 5.15 Å². The molecule has 19 heavy (non-hydrogen) atoms. The Labute approximate surface area is 116 Å². The molecule has 0 fully saturated rings. The SMILES string of the molecule is O=S(=O)(NCCc1ccccn1)c1ccnc(Cl)c1. The molecule has 2 aromatic heterocycles. The van der Waals surface area contributed by atoms with Gasteiger partial charge in [-0.1, -0.05) is 17.7 Å². The molecule has 0 unspecified atom stereocenters. The minimum Gasteiger partial charge on any atom is -0.261 e. The Balaban J connectivity index is 1.99. The van der Waals surface area contributed by atoms with Gasteiger partial charge in [0.15, 0.2) is 0 Å². The predicted octanol–water partition coefficient (Wildman–Crippen LogP) is 1.65. The van der Waals surface area contributed by atoms with Crippen LogP contribution in [0.25, 0.3) is 0 Å². The summed E-state index contributed by atoms with van der Waals surface area (Å²) in [6.07, 6.45) is 3.56. The number of nitrogens with one attached hydrogen (secondary N) is 1. The molecule has 0 amide bonds. The summed E-state index contributed by atoms with van der Waals surface area (Å²) < 4.78 is 26.4. The monoisotopic (exact) mass is 297 g/mol. The fourth-order valence-corrected chi connectivity index (χ4v) is 2.78. The van der Waals surface area contributed by atoms with Crippen LogP contribution in [0.3, 0.4) is 0 Å². The lowest BCUT2D eigenvalue weighted by atomic mass is 10.3. The van der Waals surface area contributed by atoms with E-state index in [0.29, 0.717) is 6.42 Å². The first kappa shape index (κ1) is 13.9. The van der Waals surface area contributed by atoms with Crippen LogP contribution in [0.1, 0.15) is 5.69 Å². The van der Waals surface area contributed by atoms with Gasteiger partial charge >= 0.3 is 0 Å². The number of aromatic nitrogens is 2. The molecule has 0 bridgehead atoms. The predicted molar refractivity (Wildman–Crippen MR) is 72.4 cm³/mol. The van der Waals surface area contributed by atoms with E-state index in [4.69, 9.17) is 11.6 Å². The summed E-state index contributed by atoms with van der Waals surface area (Å²) >= 11 is 5.67. The first-order valence-electron chi connectivity index (χ1n) is 5.59. The standard InChI is InChI=1S/C12H12ClN3O2S/c13-12-9-11(5-7-15-12)19(17,18)16-8-4-10-3-1-2-6-14-10/h1-3,5-7,9,16H,4,8H2. The van der Waals surface area contributed by atoms with Gasteiger partial charge in [0.2, 0.25) is 10.0 Å². The molecular weight excluding hydrogens is 286 g/mol. The van der Waals surface area contributed by atoms with Gasteiger partial charge in [0.1, 0.15) is 5.15 Å². The molecule has 1 N–H and O–H groups in total. The van der Waals surface area contributed by atoms with Crippen LogP contribution in [0.15, 0.2) is 47.6 Å². The van der Waals surface area contributed by atoms with Crippen molar-refractivity contribution in [2.24, 2.45) is 0 Å². The maximum atomic E-state index is 12.0. The molecule has 0 saturated heterocycles. The summed E-state index contributed by atoms with van der Waals surface area (Å²) in [5, 5.41) is 0.146. The number of sulfonamides is 1. The fraction of sp³-hybridized carbons (Fsp3) is 0.167. The van der Waals surface area contributed by atoms with Crippen LogP contribution in [0, 0.1) is 0 Å². The van der Waals surface area contributed by atoms with E-state index in [2.05, 4.69) is 14.7 Å². The summed E-state index contributed by atoms with van der Waals surface area (Å²) in [5.41, 5.74) is 0.831. The molecular formula is C12H12ClN3O2S. The molecule has 0 radical (unpaired) electrons. The van der Waals surface area contributed by atoms with Crippen LogP contribution in [0.5, 0.6) is 0 Å². The third-order valence-electron chi connectivity index (χ3n) is 2.41. The molecule has 5 nitrogen and oxygen atoms in total. The van der Waals surface area contributed by atoms with Gasteiger partial charge in [-0.25, -0.2) is 18.1 Å². The highest BCUT2D eigenvalue weighted by atomic mass is 35.5. The topological polar surface area (TPSA) is 72.0 Å². The maximum Gasteiger partial charge on any atom is 0.240 e. The first-order chi connectivity index (χ1) is 9.08. The van der Waals surface area contributed by atoms with Gasteiger partial charge in [-0.3, -0.25) is 4.98 Å². The van der Waals surface area contributed by atoms with Crippen molar-refractivity contribution in [1.29, 1.82) is 0 Å². The highest BCUT2D eigenvalue weighted by Gasteiger charge is 2.13. The third kappa shape index (κ3) is 3.99. The molecule has 2 heterocycles. The second-order valence-electron chi connectivity index (χ2n) is 3.78. The molecule has 0 atom stereocenters. The molecule has 0 aliphatic rings. The lowest BCUT2D eigenvalue weighted by Crippen LogP contribution is -2.26. The highest BCUT2D eigenvalue weighted by Crippen LogP contribution is 2.12. The van der Waals surface area contributed by atoms with Gasteiger partial charge in [0, 0.05) is 31.1 Å². The maximum absolute atomic E-state index is 12.0. The van der Waals surface area contributed by atoms with E-state index >= 15 is 0 Å². The molecule has 100 valence electrons. The van der Waals surface area contributed by atoms with E-state index in [1.165, 1.54) is 18.3 Å². The van der Waals surface area contributed by atoms with Crippen LogP contribution >= 0.6 is 11.6 Å². The van der Waals surface area contributed by atoms with E-state index in [1.807, 2.05) is 18.2 Å². The molecule has 0 saturated carbocycles. The fourth-order valence-electron chi connectivity index (χ4n) is 1.49. The number of pyridine rings is 2. The van der Waals surface area contributed by atoms with Crippen molar-refractivity contribution < 1.29 is 8.42 Å². The van der Waals surface area contributed by atoms with E-state index in [0.717, 1.165) is 5.69 Å². The van der Waals surface area contributed by atoms with Crippen molar-refractivity contribution in [3.8, 4) is 0 Å². The third-order valence-corrected chi connectivity index (χ3v) is 4.07. The second-order valence-corrected chi connectivity index (χ2v) is 5.94. The number of hydrogen-bond acceptors (Lipinski definition) is 4. The molecule has 0 aromatic carbocycles. The second kappa shape index (κ2) is 6.10. The number of hydrogen-bond donors (Lipinski definition) is 1. The van der Waals surface area contributed by atoms with Crippen molar-refractivity contribution in [1.82, 2.24) is 14.7 Å². The van der Waals surface area contributed by atoms with Gasteiger partial charge < -0.3 is 0 Å². The van der Waals surface area contributed by atoms with E-state index in [1.54, 1.807) is 6.20 Å². The smallest absolute Gasteiger partial charge is 0.240 e. The summed E-state index contributed by atoms with van der Waals surface area (Å²) in [4.78, 5) is 7.97. The van der Waals surface area contributed by atoms with E-state index in [9.17, 15) is 8.42 Å². The van der Waals surface area contributed by atoms with Crippen LogP contribution in [0.4, 0.5) is 0 Å². The highest BCUT2D eigenvalue weighted by molar-refractivity contribution is 7.89. The first-order valence-corrected chi connectivity index (χ1v) is 7.45. The zero-order valence-corrected chi connectivity index (χ0v) is 11.5.